The Balaban J connectivity index is 2.07. The summed E-state index contributed by atoms with van der Waals surface area (Å²) in [7, 11) is 1.64. The smallest absolute Gasteiger partial charge is 0.212 e. The topological polar surface area (TPSA) is 52.8 Å². The number of tetrazole rings is 1. The Kier molecular flexibility index (Phi) is 4.91. The minimum absolute atomic E-state index is 0.0450. The molecule has 1 aromatic heterocycles. The van der Waals surface area contributed by atoms with Gasteiger partial charge in [-0.3, -0.25) is 0 Å². The van der Waals surface area contributed by atoms with Crippen LogP contribution in [0.2, 0.25) is 0 Å². The third kappa shape index (κ3) is 3.93. The van der Waals surface area contributed by atoms with E-state index in [-0.39, 0.29) is 12.4 Å². The lowest BCUT2D eigenvalue weighted by molar-refractivity contribution is 0.280. The van der Waals surface area contributed by atoms with Gasteiger partial charge >= 0.3 is 0 Å². The van der Waals surface area contributed by atoms with Gasteiger partial charge in [-0.15, -0.1) is 21.8 Å². The minimum Gasteiger partial charge on any atom is -0.482 e. The van der Waals surface area contributed by atoms with Crippen LogP contribution in [0.1, 0.15) is 17.8 Å². The van der Waals surface area contributed by atoms with Crippen molar-refractivity contribution in [3.05, 3.63) is 35.4 Å². The molecule has 0 saturated heterocycles. The highest BCUT2D eigenvalue weighted by molar-refractivity contribution is 6.18. The number of hydrogen-bond acceptors (Lipinski definition) is 4. The molecule has 0 amide bonds. The summed E-state index contributed by atoms with van der Waals surface area (Å²) in [5, 5.41) is 11.4. The van der Waals surface area contributed by atoms with Gasteiger partial charge in [-0.2, -0.15) is 4.80 Å². The Morgan fingerprint density at radius 3 is 3.00 bits per heavy atom. The van der Waals surface area contributed by atoms with Crippen molar-refractivity contribution in [1.82, 2.24) is 20.2 Å². The van der Waals surface area contributed by atoms with E-state index in [0.29, 0.717) is 23.7 Å². The average Bonchev–Trinajstić information content (AvgIpc) is 2.85. The minimum atomic E-state index is -0.461. The number of nitrogens with zero attached hydrogens (tertiary/aromatic N) is 4. The van der Waals surface area contributed by atoms with Crippen LogP contribution >= 0.6 is 11.6 Å². The summed E-state index contributed by atoms with van der Waals surface area (Å²) in [4.78, 5) is 1.31. The molecule has 1 aromatic carbocycles. The van der Waals surface area contributed by atoms with Crippen molar-refractivity contribution in [2.24, 2.45) is 7.05 Å². The second-order valence-electron chi connectivity index (χ2n) is 3.87. The van der Waals surface area contributed by atoms with E-state index < -0.39 is 5.82 Å². The van der Waals surface area contributed by atoms with Crippen molar-refractivity contribution < 1.29 is 9.13 Å². The Morgan fingerprint density at radius 2 is 2.30 bits per heavy atom. The summed E-state index contributed by atoms with van der Waals surface area (Å²) in [5.41, 5.74) is 0.665. The molecule has 2 rings (SSSR count). The largest absolute Gasteiger partial charge is 0.482 e. The molecule has 0 bridgehead atoms. The Bertz CT molecular complexity index is 647. The maximum Gasteiger partial charge on any atom is 0.212 e. The fraction of sp³-hybridized carbons (Fsp3) is 0.308. The van der Waals surface area contributed by atoms with E-state index in [4.69, 9.17) is 16.3 Å². The highest BCUT2D eigenvalue weighted by atomic mass is 35.5. The van der Waals surface area contributed by atoms with E-state index in [1.807, 2.05) is 0 Å². The highest BCUT2D eigenvalue weighted by Crippen LogP contribution is 2.19. The van der Waals surface area contributed by atoms with Gasteiger partial charge in [0, 0.05) is 17.9 Å². The zero-order valence-corrected chi connectivity index (χ0v) is 11.6. The first-order valence-corrected chi connectivity index (χ1v) is 6.42. The van der Waals surface area contributed by atoms with Crippen LogP contribution in [0.5, 0.6) is 5.75 Å². The lowest BCUT2D eigenvalue weighted by Gasteiger charge is -2.05. The van der Waals surface area contributed by atoms with Gasteiger partial charge in [0.15, 0.2) is 18.2 Å². The van der Waals surface area contributed by atoms with Crippen molar-refractivity contribution in [1.29, 1.82) is 0 Å². The molecule has 20 heavy (non-hydrogen) atoms. The van der Waals surface area contributed by atoms with Crippen LogP contribution in [0.4, 0.5) is 4.39 Å². The van der Waals surface area contributed by atoms with E-state index in [1.165, 1.54) is 16.9 Å². The molecule has 0 N–H and O–H groups in total. The molecule has 0 atom stereocenters. The highest BCUT2D eigenvalue weighted by Gasteiger charge is 2.07. The van der Waals surface area contributed by atoms with Crippen molar-refractivity contribution in [2.75, 3.05) is 5.88 Å². The molecule has 104 valence electrons. The quantitative estimate of drug-likeness (QED) is 0.638. The van der Waals surface area contributed by atoms with Gasteiger partial charge in [0.1, 0.15) is 0 Å². The number of rotatable bonds is 4. The molecule has 7 heteroatoms. The summed E-state index contributed by atoms with van der Waals surface area (Å²) in [6, 6.07) is 4.43. The number of aryl methyl sites for hydroxylation is 1. The second kappa shape index (κ2) is 6.87. The zero-order chi connectivity index (χ0) is 14.4. The zero-order valence-electron chi connectivity index (χ0n) is 10.8. The van der Waals surface area contributed by atoms with Crippen LogP contribution in [0.25, 0.3) is 0 Å². The third-order valence-corrected chi connectivity index (χ3v) is 2.48. The van der Waals surface area contributed by atoms with Gasteiger partial charge in [0.05, 0.1) is 7.05 Å². The monoisotopic (exact) mass is 294 g/mol. The molecule has 0 fully saturated rings. The summed E-state index contributed by atoms with van der Waals surface area (Å²) in [5.74, 6) is 6.26. The van der Waals surface area contributed by atoms with Crippen molar-refractivity contribution in [3.63, 3.8) is 0 Å². The van der Waals surface area contributed by atoms with Crippen LogP contribution in [-0.2, 0) is 13.7 Å². The van der Waals surface area contributed by atoms with Crippen molar-refractivity contribution >= 4 is 11.6 Å². The van der Waals surface area contributed by atoms with Crippen LogP contribution < -0.4 is 4.74 Å². The normalized spacial score (nSPS) is 9.95. The van der Waals surface area contributed by atoms with Crippen molar-refractivity contribution in [2.45, 2.75) is 13.0 Å². The lowest BCUT2D eigenvalue weighted by atomic mass is 10.2. The summed E-state index contributed by atoms with van der Waals surface area (Å²) < 4.78 is 18.9. The molecule has 0 saturated carbocycles. The molecule has 0 unspecified atom stereocenters. The maximum atomic E-state index is 13.6. The summed E-state index contributed by atoms with van der Waals surface area (Å²) >= 11 is 5.53. The average molecular weight is 295 g/mol. The molecular weight excluding hydrogens is 283 g/mol. The van der Waals surface area contributed by atoms with E-state index in [0.717, 1.165) is 0 Å². The molecule has 0 aliphatic carbocycles. The SMILES string of the molecule is Cn1nnc(COc2cc(C#CCCCl)ccc2F)n1. The van der Waals surface area contributed by atoms with Crippen LogP contribution in [0.15, 0.2) is 18.2 Å². The van der Waals surface area contributed by atoms with Gasteiger partial charge in [-0.1, -0.05) is 11.8 Å². The third-order valence-electron chi connectivity index (χ3n) is 2.29. The van der Waals surface area contributed by atoms with E-state index in [2.05, 4.69) is 27.3 Å². The summed E-state index contributed by atoms with van der Waals surface area (Å²) in [6.07, 6.45) is 0.582. The maximum absolute atomic E-state index is 13.6. The first-order valence-electron chi connectivity index (χ1n) is 5.89. The molecule has 0 aliphatic rings. The first-order chi connectivity index (χ1) is 9.69. The molecule has 5 nitrogen and oxygen atoms in total. The molecule has 0 aliphatic heterocycles. The Hall–Kier alpha value is -2.13. The number of halogens is 2. The molecule has 0 radical (unpaired) electrons. The summed E-state index contributed by atoms with van der Waals surface area (Å²) in [6.45, 7) is 0.0450. The fourth-order valence-electron chi connectivity index (χ4n) is 1.43. The number of benzene rings is 1. The number of aromatic nitrogens is 4. The number of ether oxygens (including phenoxy) is 1. The second-order valence-corrected chi connectivity index (χ2v) is 4.25. The van der Waals surface area contributed by atoms with E-state index in [1.54, 1.807) is 13.1 Å². The van der Waals surface area contributed by atoms with Gasteiger partial charge in [0.25, 0.3) is 0 Å². The Morgan fingerprint density at radius 1 is 1.45 bits per heavy atom. The van der Waals surface area contributed by atoms with Gasteiger partial charge in [0.2, 0.25) is 5.82 Å². The fourth-order valence-corrected chi connectivity index (χ4v) is 1.52. The number of alkyl halides is 1. The van der Waals surface area contributed by atoms with Crippen LogP contribution in [0.3, 0.4) is 0 Å². The first kappa shape index (κ1) is 14.3. The molecular formula is C13H12ClFN4O. The van der Waals surface area contributed by atoms with Gasteiger partial charge in [-0.25, -0.2) is 4.39 Å². The molecule has 1 heterocycles. The molecule has 2 aromatic rings. The van der Waals surface area contributed by atoms with Crippen LogP contribution in [0, 0.1) is 17.7 Å². The molecule has 0 spiro atoms. The number of hydrogen-bond donors (Lipinski definition) is 0. The van der Waals surface area contributed by atoms with Crippen molar-refractivity contribution in [3.8, 4) is 17.6 Å². The van der Waals surface area contributed by atoms with E-state index in [9.17, 15) is 4.39 Å². The Labute approximate surface area is 120 Å². The van der Waals surface area contributed by atoms with E-state index >= 15 is 0 Å². The van der Waals surface area contributed by atoms with Gasteiger partial charge in [-0.05, 0) is 23.4 Å². The lowest BCUT2D eigenvalue weighted by Crippen LogP contribution is -2.01. The predicted molar refractivity (Wildman–Crippen MR) is 71.7 cm³/mol. The standard InChI is InChI=1S/C13H12ClFN4O/c1-19-17-13(16-18-19)9-20-12-8-10(4-2-3-7-14)5-6-11(12)15/h5-6,8H,3,7,9H2,1H3. The predicted octanol–water partition coefficient (Wildman–Crippen LogP) is 1.91. The van der Waals surface area contributed by atoms with Crippen LogP contribution in [-0.4, -0.2) is 26.1 Å². The van der Waals surface area contributed by atoms with Gasteiger partial charge < -0.3 is 4.74 Å².